The zero-order valence-electron chi connectivity index (χ0n) is 10.5. The van der Waals surface area contributed by atoms with Gasteiger partial charge in [-0.3, -0.25) is 4.79 Å². The van der Waals surface area contributed by atoms with E-state index in [9.17, 15) is 9.59 Å². The van der Waals surface area contributed by atoms with Gasteiger partial charge in [-0.15, -0.1) is 11.3 Å². The number of aliphatic carboxylic acids is 1. The number of rotatable bonds is 6. The van der Waals surface area contributed by atoms with E-state index in [4.69, 9.17) is 5.11 Å². The zero-order valence-corrected chi connectivity index (χ0v) is 11.3. The van der Waals surface area contributed by atoms with Crippen molar-refractivity contribution in [2.45, 2.75) is 26.3 Å². The van der Waals surface area contributed by atoms with Gasteiger partial charge in [0.15, 0.2) is 0 Å². The molecule has 0 spiro atoms. The van der Waals surface area contributed by atoms with Gasteiger partial charge in [0.05, 0.1) is 17.2 Å². The molecule has 0 bridgehead atoms. The summed E-state index contributed by atoms with van der Waals surface area (Å²) in [6, 6.07) is -0.217. The molecule has 0 saturated heterocycles. The van der Waals surface area contributed by atoms with Crippen LogP contribution in [0.25, 0.3) is 0 Å². The van der Waals surface area contributed by atoms with Gasteiger partial charge in [0.2, 0.25) is 0 Å². The number of carbonyl (C=O) groups is 2. The van der Waals surface area contributed by atoms with Gasteiger partial charge in [0.25, 0.3) is 0 Å². The highest BCUT2D eigenvalue weighted by Crippen LogP contribution is 2.07. The third kappa shape index (κ3) is 5.13. The summed E-state index contributed by atoms with van der Waals surface area (Å²) in [6.45, 7) is 2.73. The fourth-order valence-electron chi connectivity index (χ4n) is 1.36. The first kappa shape index (κ1) is 14.4. The normalized spacial score (nSPS) is 10.1. The van der Waals surface area contributed by atoms with Gasteiger partial charge < -0.3 is 15.3 Å². The molecular formula is C11H17N3O3S. The topological polar surface area (TPSA) is 82.5 Å². The number of hydrogen-bond acceptors (Lipinski definition) is 4. The largest absolute Gasteiger partial charge is 0.481 e. The number of hydrogen-bond donors (Lipinski definition) is 2. The molecule has 2 N–H and O–H groups in total. The Morgan fingerprint density at radius 3 is 2.83 bits per heavy atom. The highest BCUT2D eigenvalue weighted by Gasteiger charge is 2.09. The quantitative estimate of drug-likeness (QED) is 0.820. The van der Waals surface area contributed by atoms with Crippen LogP contribution in [0.15, 0.2) is 5.38 Å². The molecule has 1 aromatic rings. The lowest BCUT2D eigenvalue weighted by atomic mass is 10.3. The SMILES string of the molecule is Cc1nc(CNC(=O)N(C)CCCC(=O)O)cs1. The molecule has 0 radical (unpaired) electrons. The second-order valence-electron chi connectivity index (χ2n) is 3.94. The number of aromatic nitrogens is 1. The predicted molar refractivity (Wildman–Crippen MR) is 68.6 cm³/mol. The van der Waals surface area contributed by atoms with E-state index in [1.54, 1.807) is 18.4 Å². The maximum Gasteiger partial charge on any atom is 0.317 e. The minimum absolute atomic E-state index is 0.0723. The molecule has 2 amide bonds. The minimum atomic E-state index is -0.846. The smallest absolute Gasteiger partial charge is 0.317 e. The lowest BCUT2D eigenvalue weighted by molar-refractivity contribution is -0.137. The van der Waals surface area contributed by atoms with Gasteiger partial charge in [-0.25, -0.2) is 9.78 Å². The molecule has 7 heteroatoms. The van der Waals surface area contributed by atoms with Crippen molar-refractivity contribution >= 4 is 23.3 Å². The van der Waals surface area contributed by atoms with Crippen LogP contribution in [0.4, 0.5) is 4.79 Å². The maximum atomic E-state index is 11.6. The van der Waals surface area contributed by atoms with Gasteiger partial charge in [0.1, 0.15) is 0 Å². The molecule has 0 aliphatic carbocycles. The molecule has 1 heterocycles. The molecule has 1 aromatic heterocycles. The van der Waals surface area contributed by atoms with Crippen molar-refractivity contribution in [2.24, 2.45) is 0 Å². The van der Waals surface area contributed by atoms with Crippen molar-refractivity contribution in [1.29, 1.82) is 0 Å². The van der Waals surface area contributed by atoms with Crippen molar-refractivity contribution in [3.8, 4) is 0 Å². The summed E-state index contributed by atoms with van der Waals surface area (Å²) in [5.41, 5.74) is 0.838. The van der Waals surface area contributed by atoms with Crippen LogP contribution in [-0.2, 0) is 11.3 Å². The third-order valence-electron chi connectivity index (χ3n) is 2.32. The minimum Gasteiger partial charge on any atom is -0.481 e. The van der Waals surface area contributed by atoms with Gasteiger partial charge in [0, 0.05) is 25.4 Å². The summed E-state index contributed by atoms with van der Waals surface area (Å²) in [4.78, 5) is 27.7. The van der Waals surface area contributed by atoms with Crippen LogP contribution >= 0.6 is 11.3 Å². The van der Waals surface area contributed by atoms with E-state index in [0.29, 0.717) is 19.5 Å². The third-order valence-corrected chi connectivity index (χ3v) is 3.14. The summed E-state index contributed by atoms with van der Waals surface area (Å²) < 4.78 is 0. The second kappa shape index (κ2) is 6.95. The summed E-state index contributed by atoms with van der Waals surface area (Å²) >= 11 is 1.54. The van der Waals surface area contributed by atoms with Gasteiger partial charge >= 0.3 is 12.0 Å². The number of carboxylic acid groups (broad SMARTS) is 1. The zero-order chi connectivity index (χ0) is 13.5. The lowest BCUT2D eigenvalue weighted by Crippen LogP contribution is -2.37. The lowest BCUT2D eigenvalue weighted by Gasteiger charge is -2.16. The van der Waals surface area contributed by atoms with Crippen molar-refractivity contribution in [3.05, 3.63) is 16.1 Å². The number of thiazole rings is 1. The van der Waals surface area contributed by atoms with Crippen molar-refractivity contribution in [1.82, 2.24) is 15.2 Å². The van der Waals surface area contributed by atoms with Crippen LogP contribution in [0.5, 0.6) is 0 Å². The average Bonchev–Trinajstić information content (AvgIpc) is 2.71. The summed E-state index contributed by atoms with van der Waals surface area (Å²) in [5.74, 6) is -0.846. The van der Waals surface area contributed by atoms with Crippen LogP contribution in [0.2, 0.25) is 0 Å². The van der Waals surface area contributed by atoms with Crippen molar-refractivity contribution in [3.63, 3.8) is 0 Å². The van der Waals surface area contributed by atoms with E-state index in [0.717, 1.165) is 10.7 Å². The molecule has 0 aliphatic rings. The molecule has 0 fully saturated rings. The first-order valence-electron chi connectivity index (χ1n) is 5.61. The molecule has 0 aromatic carbocycles. The average molecular weight is 271 g/mol. The van der Waals surface area contributed by atoms with Crippen LogP contribution in [0.3, 0.4) is 0 Å². The number of carboxylic acids is 1. The number of urea groups is 1. The number of amides is 2. The molecule has 0 saturated carbocycles. The molecule has 0 aliphatic heterocycles. The summed E-state index contributed by atoms with van der Waals surface area (Å²) in [5, 5.41) is 14.1. The first-order valence-corrected chi connectivity index (χ1v) is 6.48. The number of aryl methyl sites for hydroxylation is 1. The fourth-order valence-corrected chi connectivity index (χ4v) is 1.97. The maximum absolute atomic E-state index is 11.6. The molecule has 0 atom stereocenters. The van der Waals surface area contributed by atoms with E-state index >= 15 is 0 Å². The Labute approximate surface area is 110 Å². The van der Waals surface area contributed by atoms with Crippen molar-refractivity contribution in [2.75, 3.05) is 13.6 Å². The summed E-state index contributed by atoms with van der Waals surface area (Å²) in [7, 11) is 1.64. The Kier molecular flexibility index (Phi) is 5.57. The van der Waals surface area contributed by atoms with E-state index in [-0.39, 0.29) is 12.5 Å². The van der Waals surface area contributed by atoms with Crippen LogP contribution < -0.4 is 5.32 Å². The molecular weight excluding hydrogens is 254 g/mol. The Bertz CT molecular complexity index is 419. The van der Waals surface area contributed by atoms with Crippen LogP contribution in [-0.4, -0.2) is 40.6 Å². The number of nitrogens with one attached hydrogen (secondary N) is 1. The van der Waals surface area contributed by atoms with Crippen molar-refractivity contribution < 1.29 is 14.7 Å². The van der Waals surface area contributed by atoms with E-state index < -0.39 is 5.97 Å². The molecule has 1 rings (SSSR count). The van der Waals surface area contributed by atoms with E-state index in [1.165, 1.54) is 4.90 Å². The number of nitrogens with zero attached hydrogens (tertiary/aromatic N) is 2. The van der Waals surface area contributed by atoms with Crippen LogP contribution in [0, 0.1) is 6.92 Å². The van der Waals surface area contributed by atoms with E-state index in [2.05, 4.69) is 10.3 Å². The Morgan fingerprint density at radius 2 is 2.28 bits per heavy atom. The predicted octanol–water partition coefficient (Wildman–Crippen LogP) is 1.46. The second-order valence-corrected chi connectivity index (χ2v) is 5.00. The van der Waals surface area contributed by atoms with Gasteiger partial charge in [-0.1, -0.05) is 0 Å². The number of carbonyl (C=O) groups excluding carboxylic acids is 1. The molecule has 6 nitrogen and oxygen atoms in total. The Morgan fingerprint density at radius 1 is 1.56 bits per heavy atom. The molecule has 100 valence electrons. The first-order chi connectivity index (χ1) is 8.49. The van der Waals surface area contributed by atoms with Crippen LogP contribution in [0.1, 0.15) is 23.5 Å². The Hall–Kier alpha value is -1.63. The highest BCUT2D eigenvalue weighted by atomic mass is 32.1. The molecule has 18 heavy (non-hydrogen) atoms. The summed E-state index contributed by atoms with van der Waals surface area (Å²) in [6.07, 6.45) is 0.526. The molecule has 0 unspecified atom stereocenters. The Balaban J connectivity index is 2.25. The fraction of sp³-hybridized carbons (Fsp3) is 0.545. The van der Waals surface area contributed by atoms with Gasteiger partial charge in [-0.05, 0) is 13.3 Å². The standard InChI is InChI=1S/C11H17N3O3S/c1-8-13-9(7-18-8)6-12-11(17)14(2)5-3-4-10(15)16/h7H,3-6H2,1-2H3,(H,12,17)(H,15,16). The van der Waals surface area contributed by atoms with E-state index in [1.807, 2.05) is 12.3 Å². The van der Waals surface area contributed by atoms with Gasteiger partial charge in [-0.2, -0.15) is 0 Å². The monoisotopic (exact) mass is 271 g/mol. The highest BCUT2D eigenvalue weighted by molar-refractivity contribution is 7.09.